The van der Waals surface area contributed by atoms with E-state index in [1.165, 1.54) is 19.1 Å². The number of nitrogens with one attached hydrogen (secondary N) is 1. The van der Waals surface area contributed by atoms with Gasteiger partial charge in [0.2, 0.25) is 10.0 Å². The summed E-state index contributed by atoms with van der Waals surface area (Å²) in [6.45, 7) is 7.64. The predicted octanol–water partition coefficient (Wildman–Crippen LogP) is 1.32. The standard InChI is InChI=1S/C17H34N4O3S/c1-3-9-18-17(22)20-13-6-8-16(15-20)21(25(2,23)24)14-7-12-19-10-4-5-11-19/h16H,3-15H2,1-2H3,(H,18,22). The van der Waals surface area contributed by atoms with Crippen molar-refractivity contribution >= 4 is 16.1 Å². The van der Waals surface area contributed by atoms with E-state index >= 15 is 0 Å². The molecular weight excluding hydrogens is 340 g/mol. The van der Waals surface area contributed by atoms with Crippen molar-refractivity contribution in [1.82, 2.24) is 19.4 Å². The lowest BCUT2D eigenvalue weighted by Gasteiger charge is -2.38. The highest BCUT2D eigenvalue weighted by molar-refractivity contribution is 7.88. The molecule has 25 heavy (non-hydrogen) atoms. The average Bonchev–Trinajstić information content (AvgIpc) is 3.09. The topological polar surface area (TPSA) is 73.0 Å². The molecule has 0 aromatic carbocycles. The van der Waals surface area contributed by atoms with E-state index in [1.807, 2.05) is 6.92 Å². The second-order valence-electron chi connectivity index (χ2n) is 7.25. The molecule has 2 aliphatic heterocycles. The van der Waals surface area contributed by atoms with Gasteiger partial charge in [-0.05, 0) is 58.2 Å². The maximum Gasteiger partial charge on any atom is 0.317 e. The number of hydrogen-bond acceptors (Lipinski definition) is 4. The Morgan fingerprint density at radius 2 is 1.92 bits per heavy atom. The molecule has 0 aliphatic carbocycles. The number of likely N-dealkylation sites (tertiary alicyclic amines) is 2. The SMILES string of the molecule is CCCNC(=O)N1CCCC(N(CCCN2CCCC2)S(C)(=O)=O)C1. The van der Waals surface area contributed by atoms with Crippen molar-refractivity contribution < 1.29 is 13.2 Å². The van der Waals surface area contributed by atoms with Gasteiger partial charge in [-0.25, -0.2) is 13.2 Å². The maximum absolute atomic E-state index is 12.3. The number of urea groups is 1. The van der Waals surface area contributed by atoms with E-state index < -0.39 is 10.0 Å². The van der Waals surface area contributed by atoms with Crippen LogP contribution in [-0.2, 0) is 10.0 Å². The molecule has 1 atom stereocenters. The highest BCUT2D eigenvalue weighted by Gasteiger charge is 2.32. The molecule has 1 unspecified atom stereocenters. The van der Waals surface area contributed by atoms with Gasteiger partial charge in [-0.3, -0.25) is 0 Å². The van der Waals surface area contributed by atoms with Crippen LogP contribution in [0.1, 0.15) is 45.4 Å². The van der Waals surface area contributed by atoms with E-state index in [1.54, 1.807) is 9.21 Å². The molecule has 0 aromatic rings. The summed E-state index contributed by atoms with van der Waals surface area (Å²) in [5.74, 6) is 0. The fourth-order valence-corrected chi connectivity index (χ4v) is 4.97. The third kappa shape index (κ3) is 6.42. The Hall–Kier alpha value is -0.860. The number of carbonyl (C=O) groups is 1. The molecular formula is C17H34N4O3S. The Bertz CT molecular complexity index is 520. The molecule has 2 fully saturated rings. The Balaban J connectivity index is 1.90. The van der Waals surface area contributed by atoms with Gasteiger partial charge in [0.05, 0.1) is 6.26 Å². The summed E-state index contributed by atoms with van der Waals surface area (Å²) in [4.78, 5) is 16.4. The summed E-state index contributed by atoms with van der Waals surface area (Å²) < 4.78 is 26.2. The van der Waals surface area contributed by atoms with Crippen molar-refractivity contribution in [2.75, 3.05) is 52.1 Å². The summed E-state index contributed by atoms with van der Waals surface area (Å²) >= 11 is 0. The van der Waals surface area contributed by atoms with Crippen molar-refractivity contribution in [3.05, 3.63) is 0 Å². The van der Waals surface area contributed by atoms with Crippen molar-refractivity contribution in [1.29, 1.82) is 0 Å². The fourth-order valence-electron chi connectivity index (χ4n) is 3.79. The lowest BCUT2D eigenvalue weighted by Crippen LogP contribution is -2.54. The van der Waals surface area contributed by atoms with Crippen LogP contribution < -0.4 is 5.32 Å². The third-order valence-corrected chi connectivity index (χ3v) is 6.43. The highest BCUT2D eigenvalue weighted by atomic mass is 32.2. The van der Waals surface area contributed by atoms with Crippen molar-refractivity contribution in [3.8, 4) is 0 Å². The molecule has 0 aromatic heterocycles. The van der Waals surface area contributed by atoms with Crippen LogP contribution >= 0.6 is 0 Å². The quantitative estimate of drug-likeness (QED) is 0.695. The highest BCUT2D eigenvalue weighted by Crippen LogP contribution is 2.19. The van der Waals surface area contributed by atoms with Crippen LogP contribution in [0.25, 0.3) is 0 Å². The number of piperidine rings is 1. The third-order valence-electron chi connectivity index (χ3n) is 5.09. The number of rotatable bonds is 8. The van der Waals surface area contributed by atoms with Gasteiger partial charge in [-0.2, -0.15) is 4.31 Å². The van der Waals surface area contributed by atoms with Gasteiger partial charge in [0, 0.05) is 32.2 Å². The van der Waals surface area contributed by atoms with Crippen LogP contribution in [0, 0.1) is 0 Å². The van der Waals surface area contributed by atoms with E-state index in [-0.39, 0.29) is 12.1 Å². The van der Waals surface area contributed by atoms with E-state index in [2.05, 4.69) is 10.2 Å². The Labute approximate surface area is 152 Å². The molecule has 2 aliphatic rings. The van der Waals surface area contributed by atoms with E-state index in [0.717, 1.165) is 45.3 Å². The number of nitrogens with zero attached hydrogens (tertiary/aromatic N) is 3. The van der Waals surface area contributed by atoms with Crippen LogP contribution in [0.5, 0.6) is 0 Å². The van der Waals surface area contributed by atoms with E-state index in [9.17, 15) is 13.2 Å². The molecule has 146 valence electrons. The minimum absolute atomic E-state index is 0.0722. The molecule has 7 nitrogen and oxygen atoms in total. The largest absolute Gasteiger partial charge is 0.338 e. The van der Waals surface area contributed by atoms with Gasteiger partial charge in [0.1, 0.15) is 0 Å². The Morgan fingerprint density at radius 3 is 2.56 bits per heavy atom. The summed E-state index contributed by atoms with van der Waals surface area (Å²) in [6.07, 6.45) is 7.22. The monoisotopic (exact) mass is 374 g/mol. The van der Waals surface area contributed by atoms with Crippen molar-refractivity contribution in [3.63, 3.8) is 0 Å². The summed E-state index contributed by atoms with van der Waals surface area (Å²) in [5, 5.41) is 2.89. The first kappa shape index (κ1) is 20.5. The van der Waals surface area contributed by atoms with Gasteiger partial charge in [-0.15, -0.1) is 0 Å². The normalized spacial score (nSPS) is 22.5. The lowest BCUT2D eigenvalue weighted by molar-refractivity contribution is 0.148. The molecule has 0 bridgehead atoms. The van der Waals surface area contributed by atoms with Gasteiger partial charge < -0.3 is 15.1 Å². The minimum atomic E-state index is -3.27. The van der Waals surface area contributed by atoms with Crippen LogP contribution in [-0.4, -0.2) is 86.7 Å². The van der Waals surface area contributed by atoms with Gasteiger partial charge >= 0.3 is 6.03 Å². The van der Waals surface area contributed by atoms with Crippen LogP contribution in [0.2, 0.25) is 0 Å². The molecule has 8 heteroatoms. The van der Waals surface area contributed by atoms with Gasteiger partial charge in [0.15, 0.2) is 0 Å². The van der Waals surface area contributed by atoms with E-state index in [0.29, 0.717) is 26.2 Å². The van der Waals surface area contributed by atoms with Crippen LogP contribution in [0.3, 0.4) is 0 Å². The van der Waals surface area contributed by atoms with Crippen molar-refractivity contribution in [2.24, 2.45) is 0 Å². The zero-order valence-electron chi connectivity index (χ0n) is 15.7. The molecule has 2 amide bonds. The maximum atomic E-state index is 12.3. The number of sulfonamides is 1. The Kier molecular flexibility index (Phi) is 7.96. The molecule has 0 saturated carbocycles. The first-order valence-electron chi connectivity index (χ1n) is 9.63. The first-order chi connectivity index (χ1) is 11.9. The van der Waals surface area contributed by atoms with Crippen LogP contribution in [0.4, 0.5) is 4.79 Å². The number of amides is 2. The van der Waals surface area contributed by atoms with Gasteiger partial charge in [-0.1, -0.05) is 6.92 Å². The molecule has 1 N–H and O–H groups in total. The molecule has 2 saturated heterocycles. The van der Waals surface area contributed by atoms with E-state index in [4.69, 9.17) is 0 Å². The second kappa shape index (κ2) is 9.73. The lowest BCUT2D eigenvalue weighted by atomic mass is 10.1. The fraction of sp³-hybridized carbons (Fsp3) is 0.941. The summed E-state index contributed by atoms with van der Waals surface area (Å²) in [6, 6.07) is -0.174. The molecule has 0 spiro atoms. The molecule has 0 radical (unpaired) electrons. The zero-order chi connectivity index (χ0) is 18.3. The number of hydrogen-bond donors (Lipinski definition) is 1. The Morgan fingerprint density at radius 1 is 1.20 bits per heavy atom. The second-order valence-corrected chi connectivity index (χ2v) is 9.19. The molecule has 2 rings (SSSR count). The predicted molar refractivity (Wildman–Crippen MR) is 100 cm³/mol. The number of carbonyl (C=O) groups excluding carboxylic acids is 1. The minimum Gasteiger partial charge on any atom is -0.338 e. The zero-order valence-corrected chi connectivity index (χ0v) is 16.6. The smallest absolute Gasteiger partial charge is 0.317 e. The molecule has 2 heterocycles. The summed E-state index contributed by atoms with van der Waals surface area (Å²) in [7, 11) is -3.27. The summed E-state index contributed by atoms with van der Waals surface area (Å²) in [5.41, 5.74) is 0. The first-order valence-corrected chi connectivity index (χ1v) is 11.5. The van der Waals surface area contributed by atoms with Crippen molar-refractivity contribution in [2.45, 2.75) is 51.5 Å². The van der Waals surface area contributed by atoms with Gasteiger partial charge in [0.25, 0.3) is 0 Å². The average molecular weight is 375 g/mol. The van der Waals surface area contributed by atoms with Crippen LogP contribution in [0.15, 0.2) is 0 Å².